The summed E-state index contributed by atoms with van der Waals surface area (Å²) in [7, 11) is -2.12. The highest BCUT2D eigenvalue weighted by Crippen LogP contribution is 2.30. The number of anilines is 1. The molecule has 156 valence electrons. The first-order valence-electron chi connectivity index (χ1n) is 9.24. The molecule has 0 fully saturated rings. The highest BCUT2D eigenvalue weighted by atomic mass is 32.2. The van der Waals surface area contributed by atoms with Gasteiger partial charge in [-0.25, -0.2) is 8.42 Å². The number of nitrogens with one attached hydrogen (secondary N) is 1. The monoisotopic (exact) mass is 444 g/mol. The van der Waals surface area contributed by atoms with Gasteiger partial charge < -0.3 is 14.8 Å². The number of amides is 1. The summed E-state index contributed by atoms with van der Waals surface area (Å²) in [4.78, 5) is 12.5. The van der Waals surface area contributed by atoms with Gasteiger partial charge in [-0.15, -0.1) is 11.3 Å². The number of ether oxygens (including phenoxy) is 2. The van der Waals surface area contributed by atoms with Crippen molar-refractivity contribution in [2.45, 2.75) is 10.3 Å². The number of sulfonamides is 1. The Hall–Kier alpha value is -3.04. The van der Waals surface area contributed by atoms with E-state index in [9.17, 15) is 13.2 Å². The van der Waals surface area contributed by atoms with Crippen molar-refractivity contribution in [3.8, 4) is 11.5 Å². The van der Waals surface area contributed by atoms with E-state index in [-0.39, 0.29) is 16.2 Å². The summed E-state index contributed by atoms with van der Waals surface area (Å²) in [5.74, 6) is 1.08. The molecule has 4 rings (SSSR count). The van der Waals surface area contributed by atoms with Crippen molar-refractivity contribution < 1.29 is 22.7 Å². The van der Waals surface area contributed by atoms with E-state index in [0.717, 1.165) is 11.3 Å². The third kappa shape index (κ3) is 4.12. The van der Waals surface area contributed by atoms with Crippen LogP contribution in [0.15, 0.2) is 70.3 Å². The predicted octanol–water partition coefficient (Wildman–Crippen LogP) is 3.14. The first-order valence-corrected chi connectivity index (χ1v) is 11.6. The summed E-state index contributed by atoms with van der Waals surface area (Å²) < 4.78 is 38.2. The van der Waals surface area contributed by atoms with Gasteiger partial charge in [-0.05, 0) is 47.8 Å². The minimum Gasteiger partial charge on any atom is -0.486 e. The first kappa shape index (κ1) is 20.2. The second kappa shape index (κ2) is 8.37. The number of fused-ring (bicyclic) bond motifs is 1. The zero-order chi connectivity index (χ0) is 21.1. The van der Waals surface area contributed by atoms with Crippen LogP contribution in [0.5, 0.6) is 11.5 Å². The van der Waals surface area contributed by atoms with Gasteiger partial charge in [-0.3, -0.25) is 9.10 Å². The molecule has 30 heavy (non-hydrogen) atoms. The molecule has 0 unspecified atom stereocenters. The molecule has 1 aliphatic heterocycles. The van der Waals surface area contributed by atoms with Crippen molar-refractivity contribution in [2.24, 2.45) is 0 Å². The molecule has 0 bridgehead atoms. The summed E-state index contributed by atoms with van der Waals surface area (Å²) >= 11 is 1.16. The van der Waals surface area contributed by atoms with E-state index in [4.69, 9.17) is 9.47 Å². The molecule has 1 aliphatic rings. The maximum Gasteiger partial charge on any atom is 0.273 e. The van der Waals surface area contributed by atoms with Crippen molar-refractivity contribution in [2.75, 3.05) is 24.5 Å². The molecule has 1 aromatic heterocycles. The minimum atomic E-state index is -3.61. The van der Waals surface area contributed by atoms with Gasteiger partial charge in [0.25, 0.3) is 15.9 Å². The van der Waals surface area contributed by atoms with Gasteiger partial charge in [-0.2, -0.15) is 0 Å². The molecule has 0 radical (unpaired) electrons. The Bertz CT molecular complexity index is 1130. The average molecular weight is 445 g/mol. The molecule has 3 aromatic rings. The Morgan fingerprint density at radius 2 is 1.83 bits per heavy atom. The maximum absolute atomic E-state index is 12.6. The third-order valence-corrected chi connectivity index (χ3v) is 7.82. The van der Waals surface area contributed by atoms with Crippen LogP contribution < -0.4 is 19.1 Å². The van der Waals surface area contributed by atoms with Gasteiger partial charge >= 0.3 is 0 Å². The first-order chi connectivity index (χ1) is 14.4. The van der Waals surface area contributed by atoms with Crippen LogP contribution in [0.25, 0.3) is 0 Å². The lowest BCUT2D eigenvalue weighted by Crippen LogP contribution is -2.40. The van der Waals surface area contributed by atoms with E-state index < -0.39 is 10.0 Å². The Labute approximate surface area is 178 Å². The minimum absolute atomic E-state index is 0.267. The summed E-state index contributed by atoms with van der Waals surface area (Å²) in [5.41, 5.74) is 0.901. The molecule has 1 N–H and O–H groups in total. The summed E-state index contributed by atoms with van der Waals surface area (Å²) in [5, 5.41) is 4.54. The normalized spacial score (nSPS) is 15.4. The lowest BCUT2D eigenvalue weighted by molar-refractivity contribution is 0.0789. The zero-order valence-corrected chi connectivity index (χ0v) is 17.8. The second-order valence-corrected chi connectivity index (χ2v) is 9.80. The topological polar surface area (TPSA) is 84.9 Å². The van der Waals surface area contributed by atoms with E-state index in [2.05, 4.69) is 5.32 Å². The maximum atomic E-state index is 12.6. The number of carbonyl (C=O) groups is 1. The number of thiophene rings is 1. The summed E-state index contributed by atoms with van der Waals surface area (Å²) in [6, 6.07) is 17.1. The number of nitrogens with zero attached hydrogens (tertiary/aromatic N) is 1. The highest BCUT2D eigenvalue weighted by molar-refractivity contribution is 7.94. The van der Waals surface area contributed by atoms with Crippen LogP contribution >= 0.6 is 11.3 Å². The Morgan fingerprint density at radius 1 is 1.10 bits per heavy atom. The van der Waals surface area contributed by atoms with Crippen LogP contribution in [0.2, 0.25) is 0 Å². The number of para-hydroxylation sites is 2. The van der Waals surface area contributed by atoms with E-state index in [1.165, 1.54) is 11.4 Å². The van der Waals surface area contributed by atoms with Gasteiger partial charge in [0.2, 0.25) is 0 Å². The quantitative estimate of drug-likeness (QED) is 0.631. The molecule has 1 amide bonds. The van der Waals surface area contributed by atoms with Gasteiger partial charge in [0.15, 0.2) is 11.5 Å². The van der Waals surface area contributed by atoms with Crippen LogP contribution in [0.3, 0.4) is 0 Å². The van der Waals surface area contributed by atoms with Crippen LogP contribution in [0, 0.1) is 0 Å². The van der Waals surface area contributed by atoms with Crippen LogP contribution in [0.1, 0.15) is 10.4 Å². The third-order valence-electron chi connectivity index (χ3n) is 4.66. The number of benzene rings is 2. The van der Waals surface area contributed by atoms with Gasteiger partial charge in [0, 0.05) is 12.6 Å². The lowest BCUT2D eigenvalue weighted by atomic mass is 10.2. The Balaban J connectivity index is 1.37. The van der Waals surface area contributed by atoms with Crippen molar-refractivity contribution in [1.29, 1.82) is 0 Å². The molecular weight excluding hydrogens is 424 g/mol. The SMILES string of the molecule is CN(c1ccc(C(=O)NC[C@H]2COc3ccccc3O2)cc1)S(=O)(=O)c1cccs1. The fourth-order valence-electron chi connectivity index (χ4n) is 2.98. The Kier molecular flexibility index (Phi) is 5.65. The fourth-order valence-corrected chi connectivity index (χ4v) is 5.34. The fraction of sp³-hybridized carbons (Fsp3) is 0.190. The molecule has 0 aliphatic carbocycles. The number of carbonyl (C=O) groups excluding carboxylic acids is 1. The van der Waals surface area contributed by atoms with Crippen LogP contribution in [-0.2, 0) is 10.0 Å². The zero-order valence-electron chi connectivity index (χ0n) is 16.1. The van der Waals surface area contributed by atoms with Crippen LogP contribution in [-0.4, -0.2) is 40.6 Å². The smallest absolute Gasteiger partial charge is 0.273 e. The van der Waals surface area contributed by atoms with Crippen molar-refractivity contribution >= 4 is 33.0 Å². The Morgan fingerprint density at radius 3 is 2.53 bits per heavy atom. The van der Waals surface area contributed by atoms with Gasteiger partial charge in [-0.1, -0.05) is 18.2 Å². The largest absolute Gasteiger partial charge is 0.486 e. The molecule has 7 nitrogen and oxygen atoms in total. The van der Waals surface area contributed by atoms with Crippen molar-refractivity contribution in [3.05, 3.63) is 71.6 Å². The van der Waals surface area contributed by atoms with E-state index in [1.807, 2.05) is 24.3 Å². The molecule has 2 heterocycles. The highest BCUT2D eigenvalue weighted by Gasteiger charge is 2.23. The molecule has 2 aromatic carbocycles. The van der Waals surface area contributed by atoms with E-state index in [0.29, 0.717) is 35.9 Å². The molecular formula is C21H20N2O5S2. The number of hydrogen-bond acceptors (Lipinski definition) is 6. The average Bonchev–Trinajstić information content (AvgIpc) is 3.33. The van der Waals surface area contributed by atoms with E-state index in [1.54, 1.807) is 41.8 Å². The lowest BCUT2D eigenvalue weighted by Gasteiger charge is -2.26. The van der Waals surface area contributed by atoms with Gasteiger partial charge in [0.1, 0.15) is 16.9 Å². The van der Waals surface area contributed by atoms with Crippen molar-refractivity contribution in [3.63, 3.8) is 0 Å². The predicted molar refractivity (Wildman–Crippen MR) is 115 cm³/mol. The summed E-state index contributed by atoms with van der Waals surface area (Å²) in [6.45, 7) is 0.642. The molecule has 0 saturated heterocycles. The number of hydrogen-bond donors (Lipinski definition) is 1. The van der Waals surface area contributed by atoms with Gasteiger partial charge in [0.05, 0.1) is 12.2 Å². The molecule has 0 spiro atoms. The molecule has 1 atom stereocenters. The van der Waals surface area contributed by atoms with Crippen LogP contribution in [0.4, 0.5) is 5.69 Å². The number of rotatable bonds is 6. The second-order valence-electron chi connectivity index (χ2n) is 6.66. The molecule has 9 heteroatoms. The molecule has 0 saturated carbocycles. The van der Waals surface area contributed by atoms with Crippen molar-refractivity contribution in [1.82, 2.24) is 5.32 Å². The standard InChI is InChI=1S/C21H20N2O5S2/c1-23(30(25,26)20-7-4-12-29-20)16-10-8-15(9-11-16)21(24)22-13-17-14-27-18-5-2-3-6-19(18)28-17/h2-12,17H,13-14H2,1H3,(H,22,24)/t17-/m0/s1. The summed E-state index contributed by atoms with van der Waals surface area (Å²) in [6.07, 6.45) is -0.287. The van der Waals surface area contributed by atoms with E-state index >= 15 is 0 Å².